The Bertz CT molecular complexity index is 598. The summed E-state index contributed by atoms with van der Waals surface area (Å²) in [5.41, 5.74) is 7.26. The highest BCUT2D eigenvalue weighted by Crippen LogP contribution is 2.30. The molecule has 0 unspecified atom stereocenters. The van der Waals surface area contributed by atoms with Crippen molar-refractivity contribution in [2.24, 2.45) is 0 Å². The Labute approximate surface area is 113 Å². The minimum Gasteiger partial charge on any atom is -0.320 e. The second kappa shape index (κ2) is 4.88. The molecule has 0 aliphatic carbocycles. The van der Waals surface area contributed by atoms with Crippen LogP contribution in [0, 0.1) is 34.6 Å². The molecule has 0 aliphatic heterocycles. The maximum Gasteiger partial charge on any atom is 0.276 e. The van der Waals surface area contributed by atoms with Gasteiger partial charge >= 0.3 is 0 Å². The average molecular weight is 257 g/mol. The molecular formula is C15H19N3O. The monoisotopic (exact) mass is 257 g/mol. The number of rotatable bonds is 2. The molecule has 0 spiro atoms. The Morgan fingerprint density at radius 3 is 2.00 bits per heavy atom. The lowest BCUT2D eigenvalue weighted by Gasteiger charge is -2.18. The van der Waals surface area contributed by atoms with E-state index in [9.17, 15) is 4.79 Å². The van der Waals surface area contributed by atoms with Crippen LogP contribution in [0.4, 0.5) is 5.69 Å². The van der Waals surface area contributed by atoms with E-state index in [1.165, 1.54) is 16.7 Å². The molecule has 0 bridgehead atoms. The van der Waals surface area contributed by atoms with Crippen LogP contribution < -0.4 is 5.32 Å². The average Bonchev–Trinajstić information content (AvgIpc) is 2.93. The zero-order valence-electron chi connectivity index (χ0n) is 12.0. The summed E-state index contributed by atoms with van der Waals surface area (Å²) in [6.45, 7) is 10.4. The Kier molecular flexibility index (Phi) is 3.42. The van der Waals surface area contributed by atoms with Crippen molar-refractivity contribution >= 4 is 11.6 Å². The summed E-state index contributed by atoms with van der Waals surface area (Å²) in [5.74, 6) is -0.185. The second-order valence-corrected chi connectivity index (χ2v) is 4.91. The summed E-state index contributed by atoms with van der Waals surface area (Å²) in [7, 11) is 0. The number of carbonyl (C=O) groups excluding carboxylic acids is 1. The van der Waals surface area contributed by atoms with Crippen LogP contribution in [-0.2, 0) is 0 Å². The first kappa shape index (κ1) is 13.3. The highest BCUT2D eigenvalue weighted by atomic mass is 16.1. The van der Waals surface area contributed by atoms with Crippen LogP contribution in [0.15, 0.2) is 12.3 Å². The smallest absolute Gasteiger partial charge is 0.276 e. The van der Waals surface area contributed by atoms with Crippen molar-refractivity contribution in [3.8, 4) is 0 Å². The summed E-state index contributed by atoms with van der Waals surface area (Å²) in [5, 5.41) is 9.51. The van der Waals surface area contributed by atoms with Crippen LogP contribution in [0.2, 0.25) is 0 Å². The maximum atomic E-state index is 12.1. The van der Waals surface area contributed by atoms with Crippen molar-refractivity contribution in [1.29, 1.82) is 0 Å². The molecule has 2 aromatic rings. The summed E-state index contributed by atoms with van der Waals surface area (Å²) >= 11 is 0. The van der Waals surface area contributed by atoms with E-state index in [1.807, 2.05) is 13.8 Å². The number of aromatic amines is 1. The second-order valence-electron chi connectivity index (χ2n) is 4.91. The molecule has 4 heteroatoms. The van der Waals surface area contributed by atoms with Crippen molar-refractivity contribution in [2.75, 3.05) is 5.32 Å². The van der Waals surface area contributed by atoms with Crippen LogP contribution in [0.25, 0.3) is 0 Å². The molecular weight excluding hydrogens is 238 g/mol. The lowest BCUT2D eigenvalue weighted by Crippen LogP contribution is -2.15. The summed E-state index contributed by atoms with van der Waals surface area (Å²) in [6.07, 6.45) is 1.64. The van der Waals surface area contributed by atoms with Gasteiger partial charge in [0.15, 0.2) is 0 Å². The molecule has 0 fully saturated rings. The third-order valence-electron chi connectivity index (χ3n) is 3.97. The van der Waals surface area contributed by atoms with Gasteiger partial charge < -0.3 is 5.32 Å². The number of hydrogen-bond acceptors (Lipinski definition) is 2. The number of carbonyl (C=O) groups is 1. The van der Waals surface area contributed by atoms with Crippen LogP contribution >= 0.6 is 0 Å². The van der Waals surface area contributed by atoms with Gasteiger partial charge in [0.1, 0.15) is 5.69 Å². The molecule has 0 atom stereocenters. The van der Waals surface area contributed by atoms with Crippen LogP contribution in [0.3, 0.4) is 0 Å². The van der Waals surface area contributed by atoms with Gasteiger partial charge in [-0.15, -0.1) is 0 Å². The van der Waals surface area contributed by atoms with Gasteiger partial charge in [-0.1, -0.05) is 0 Å². The minimum absolute atomic E-state index is 0.185. The van der Waals surface area contributed by atoms with Crippen LogP contribution in [-0.4, -0.2) is 16.1 Å². The van der Waals surface area contributed by atoms with E-state index in [4.69, 9.17) is 0 Å². The van der Waals surface area contributed by atoms with Gasteiger partial charge in [0.25, 0.3) is 5.91 Å². The molecule has 0 saturated carbocycles. The van der Waals surface area contributed by atoms with Gasteiger partial charge in [-0.2, -0.15) is 5.10 Å². The zero-order chi connectivity index (χ0) is 14.2. The van der Waals surface area contributed by atoms with Crippen LogP contribution in [0.5, 0.6) is 0 Å². The molecule has 4 nitrogen and oxygen atoms in total. The van der Waals surface area contributed by atoms with E-state index >= 15 is 0 Å². The summed E-state index contributed by atoms with van der Waals surface area (Å²) < 4.78 is 0. The summed E-state index contributed by atoms with van der Waals surface area (Å²) in [4.78, 5) is 12.1. The molecule has 2 N–H and O–H groups in total. The molecule has 100 valence electrons. The number of anilines is 1. The van der Waals surface area contributed by atoms with Crippen molar-refractivity contribution in [3.63, 3.8) is 0 Å². The number of H-pyrrole nitrogens is 1. The Morgan fingerprint density at radius 1 is 1.00 bits per heavy atom. The number of hydrogen-bond donors (Lipinski definition) is 2. The highest BCUT2D eigenvalue weighted by Gasteiger charge is 2.15. The Hall–Kier alpha value is -2.10. The van der Waals surface area contributed by atoms with Crippen molar-refractivity contribution in [1.82, 2.24) is 10.2 Å². The Balaban J connectivity index is 2.44. The first-order chi connectivity index (χ1) is 8.93. The molecule has 0 radical (unpaired) electrons. The van der Waals surface area contributed by atoms with E-state index in [0.29, 0.717) is 5.69 Å². The molecule has 0 saturated heterocycles. The van der Waals surface area contributed by atoms with Gasteiger partial charge in [-0.25, -0.2) is 0 Å². The van der Waals surface area contributed by atoms with Crippen molar-refractivity contribution in [3.05, 3.63) is 45.8 Å². The topological polar surface area (TPSA) is 57.8 Å². The van der Waals surface area contributed by atoms with Gasteiger partial charge in [0, 0.05) is 11.9 Å². The molecule has 1 heterocycles. The number of nitrogens with zero attached hydrogens (tertiary/aromatic N) is 1. The minimum atomic E-state index is -0.185. The Morgan fingerprint density at radius 2 is 1.53 bits per heavy atom. The fraction of sp³-hybridized carbons (Fsp3) is 0.333. The third kappa shape index (κ3) is 2.26. The molecule has 1 aromatic heterocycles. The lowest BCUT2D eigenvalue weighted by molar-refractivity contribution is 0.102. The molecule has 2 rings (SSSR count). The van der Waals surface area contributed by atoms with E-state index in [0.717, 1.165) is 16.8 Å². The van der Waals surface area contributed by atoms with Crippen molar-refractivity contribution in [2.45, 2.75) is 34.6 Å². The van der Waals surface area contributed by atoms with Crippen LogP contribution in [0.1, 0.15) is 38.3 Å². The van der Waals surface area contributed by atoms with Crippen molar-refractivity contribution < 1.29 is 4.79 Å². The fourth-order valence-electron chi connectivity index (χ4n) is 2.25. The van der Waals surface area contributed by atoms with Gasteiger partial charge in [-0.05, 0) is 68.5 Å². The van der Waals surface area contributed by atoms with Gasteiger partial charge in [-0.3, -0.25) is 9.89 Å². The van der Waals surface area contributed by atoms with E-state index in [-0.39, 0.29) is 5.91 Å². The van der Waals surface area contributed by atoms with Gasteiger partial charge in [0.2, 0.25) is 0 Å². The lowest BCUT2D eigenvalue weighted by atomic mass is 9.93. The first-order valence-electron chi connectivity index (χ1n) is 6.31. The predicted octanol–water partition coefficient (Wildman–Crippen LogP) is 3.20. The standard InChI is InChI=1S/C15H19N3O/c1-8-9(2)11(4)14(12(5)10(8)3)17-15(19)13-6-7-16-18-13/h6-7H,1-5H3,(H,16,18)(H,17,19). The fourth-order valence-corrected chi connectivity index (χ4v) is 2.25. The zero-order valence-corrected chi connectivity index (χ0v) is 12.0. The van der Waals surface area contributed by atoms with E-state index < -0.39 is 0 Å². The predicted molar refractivity (Wildman–Crippen MR) is 76.7 cm³/mol. The quantitative estimate of drug-likeness (QED) is 0.868. The molecule has 0 aliphatic rings. The number of nitrogens with one attached hydrogen (secondary N) is 2. The van der Waals surface area contributed by atoms with E-state index in [2.05, 4.69) is 36.3 Å². The number of aromatic nitrogens is 2. The maximum absolute atomic E-state index is 12.1. The molecule has 1 aromatic carbocycles. The first-order valence-corrected chi connectivity index (χ1v) is 6.31. The van der Waals surface area contributed by atoms with E-state index in [1.54, 1.807) is 12.3 Å². The normalized spacial score (nSPS) is 10.6. The number of amides is 1. The number of benzene rings is 1. The molecule has 19 heavy (non-hydrogen) atoms. The third-order valence-corrected chi connectivity index (χ3v) is 3.97. The highest BCUT2D eigenvalue weighted by molar-refractivity contribution is 6.03. The summed E-state index contributed by atoms with van der Waals surface area (Å²) in [6, 6.07) is 1.66. The largest absolute Gasteiger partial charge is 0.320 e. The SMILES string of the molecule is Cc1c(C)c(C)c(NC(=O)c2cc[nH]n2)c(C)c1C. The molecule has 1 amide bonds. The van der Waals surface area contributed by atoms with Gasteiger partial charge in [0.05, 0.1) is 0 Å².